The van der Waals surface area contributed by atoms with Gasteiger partial charge in [0, 0.05) is 4.47 Å². The first-order chi connectivity index (χ1) is 12.0. The van der Waals surface area contributed by atoms with Gasteiger partial charge in [0.05, 0.1) is 24.7 Å². The molecule has 0 saturated carbocycles. The van der Waals surface area contributed by atoms with Crippen LogP contribution >= 0.6 is 27.3 Å². The standard InChI is InChI=1S/C19H22BrN3OS/c1-13(2)11-17(22-9-8-21)19(24)23-18(15-7-10-25-12-15)14-3-5-16(20)6-4-14/h3-7,10,12-13,17-18,22H,9,11H2,1-2H3,(H,23,24)/t17-,18-/m0/s1. The van der Waals surface area contributed by atoms with E-state index < -0.39 is 0 Å². The lowest BCUT2D eigenvalue weighted by Gasteiger charge is -2.24. The highest BCUT2D eigenvalue weighted by atomic mass is 79.9. The van der Waals surface area contributed by atoms with Gasteiger partial charge in [-0.05, 0) is 52.4 Å². The van der Waals surface area contributed by atoms with Gasteiger partial charge in [0.2, 0.25) is 5.91 Å². The van der Waals surface area contributed by atoms with Crippen molar-refractivity contribution in [3.05, 3.63) is 56.7 Å². The van der Waals surface area contributed by atoms with E-state index >= 15 is 0 Å². The zero-order valence-corrected chi connectivity index (χ0v) is 16.7. The smallest absolute Gasteiger partial charge is 0.237 e. The predicted molar refractivity (Wildman–Crippen MR) is 105 cm³/mol. The number of nitrogens with zero attached hydrogens (tertiary/aromatic N) is 1. The summed E-state index contributed by atoms with van der Waals surface area (Å²) < 4.78 is 1.00. The lowest BCUT2D eigenvalue weighted by molar-refractivity contribution is -0.124. The lowest BCUT2D eigenvalue weighted by Crippen LogP contribution is -2.46. The van der Waals surface area contributed by atoms with Crippen molar-refractivity contribution in [2.75, 3.05) is 6.54 Å². The lowest BCUT2D eigenvalue weighted by atomic mass is 9.99. The number of amides is 1. The largest absolute Gasteiger partial charge is 0.344 e. The van der Waals surface area contributed by atoms with Crippen LogP contribution in [0.4, 0.5) is 0 Å². The molecule has 132 valence electrons. The molecule has 2 atom stereocenters. The van der Waals surface area contributed by atoms with E-state index in [0.717, 1.165) is 15.6 Å². The van der Waals surface area contributed by atoms with Crippen molar-refractivity contribution >= 4 is 33.2 Å². The summed E-state index contributed by atoms with van der Waals surface area (Å²) >= 11 is 5.05. The number of nitrogens with one attached hydrogen (secondary N) is 2. The molecule has 0 aliphatic rings. The summed E-state index contributed by atoms with van der Waals surface area (Å²) in [7, 11) is 0. The fourth-order valence-electron chi connectivity index (χ4n) is 2.62. The first-order valence-electron chi connectivity index (χ1n) is 8.19. The van der Waals surface area contributed by atoms with Gasteiger partial charge >= 0.3 is 0 Å². The SMILES string of the molecule is CC(C)C[C@H](NCC#N)C(=O)N[C@@H](c1ccc(Br)cc1)c1ccsc1. The van der Waals surface area contributed by atoms with Gasteiger partial charge in [0.1, 0.15) is 0 Å². The molecule has 2 N–H and O–H groups in total. The number of carbonyl (C=O) groups is 1. The number of carbonyl (C=O) groups excluding carboxylic acids is 1. The fourth-order valence-corrected chi connectivity index (χ4v) is 3.57. The Hall–Kier alpha value is -1.68. The summed E-state index contributed by atoms with van der Waals surface area (Å²) in [4.78, 5) is 12.8. The van der Waals surface area contributed by atoms with Gasteiger partial charge in [-0.25, -0.2) is 0 Å². The highest BCUT2D eigenvalue weighted by Gasteiger charge is 2.24. The van der Waals surface area contributed by atoms with Crippen molar-refractivity contribution < 1.29 is 4.79 Å². The molecule has 0 saturated heterocycles. The molecule has 0 fully saturated rings. The molecule has 1 amide bonds. The summed E-state index contributed by atoms with van der Waals surface area (Å²) in [6, 6.07) is 11.5. The topological polar surface area (TPSA) is 64.9 Å². The second-order valence-electron chi connectivity index (χ2n) is 6.27. The summed E-state index contributed by atoms with van der Waals surface area (Å²) in [6.07, 6.45) is 0.685. The summed E-state index contributed by atoms with van der Waals surface area (Å²) in [5, 5.41) is 19.1. The van der Waals surface area contributed by atoms with Crippen molar-refractivity contribution in [1.82, 2.24) is 10.6 Å². The highest BCUT2D eigenvalue weighted by Crippen LogP contribution is 2.26. The molecule has 1 aromatic carbocycles. The Morgan fingerprint density at radius 2 is 1.96 bits per heavy atom. The molecule has 0 aliphatic carbocycles. The number of thiophene rings is 1. The van der Waals surface area contributed by atoms with E-state index in [1.807, 2.05) is 41.1 Å². The maximum Gasteiger partial charge on any atom is 0.237 e. The van der Waals surface area contributed by atoms with Gasteiger partial charge in [-0.1, -0.05) is 41.9 Å². The van der Waals surface area contributed by atoms with E-state index in [2.05, 4.69) is 46.5 Å². The van der Waals surface area contributed by atoms with Gasteiger partial charge in [0.15, 0.2) is 0 Å². The van der Waals surface area contributed by atoms with Crippen molar-refractivity contribution in [3.8, 4) is 6.07 Å². The third-order valence-electron chi connectivity index (χ3n) is 3.82. The minimum Gasteiger partial charge on any atom is -0.344 e. The second kappa shape index (κ2) is 9.71. The quantitative estimate of drug-likeness (QED) is 0.628. The molecule has 0 spiro atoms. The minimum atomic E-state index is -0.378. The maximum atomic E-state index is 12.8. The number of halogens is 1. The Labute approximate surface area is 161 Å². The fraction of sp³-hybridized carbons (Fsp3) is 0.368. The average molecular weight is 420 g/mol. The molecule has 6 heteroatoms. The van der Waals surface area contributed by atoms with Crippen LogP contribution in [0.1, 0.15) is 37.4 Å². The van der Waals surface area contributed by atoms with Gasteiger partial charge in [-0.2, -0.15) is 16.6 Å². The van der Waals surface area contributed by atoms with Gasteiger partial charge in [-0.15, -0.1) is 0 Å². The van der Waals surface area contributed by atoms with E-state index in [0.29, 0.717) is 12.3 Å². The van der Waals surface area contributed by atoms with Crippen molar-refractivity contribution in [2.24, 2.45) is 5.92 Å². The molecule has 2 rings (SSSR count). The molecule has 0 radical (unpaired) electrons. The van der Waals surface area contributed by atoms with Crippen LogP contribution in [0.25, 0.3) is 0 Å². The van der Waals surface area contributed by atoms with Crippen LogP contribution < -0.4 is 10.6 Å². The van der Waals surface area contributed by atoms with Crippen molar-refractivity contribution in [2.45, 2.75) is 32.4 Å². The van der Waals surface area contributed by atoms with Crippen molar-refractivity contribution in [3.63, 3.8) is 0 Å². The number of hydrogen-bond donors (Lipinski definition) is 2. The maximum absolute atomic E-state index is 12.8. The van der Waals surface area contributed by atoms with E-state index in [-0.39, 0.29) is 24.5 Å². The Balaban J connectivity index is 2.21. The summed E-state index contributed by atoms with van der Waals surface area (Å²) in [6.45, 7) is 4.30. The van der Waals surface area contributed by atoms with Crippen LogP contribution in [-0.4, -0.2) is 18.5 Å². The highest BCUT2D eigenvalue weighted by molar-refractivity contribution is 9.10. The second-order valence-corrected chi connectivity index (χ2v) is 7.97. The zero-order valence-electron chi connectivity index (χ0n) is 14.3. The van der Waals surface area contributed by atoms with Gasteiger partial charge < -0.3 is 5.32 Å². The van der Waals surface area contributed by atoms with Crippen LogP contribution in [0.15, 0.2) is 45.6 Å². The van der Waals surface area contributed by atoms with E-state index in [1.54, 1.807) is 11.3 Å². The average Bonchev–Trinajstić information content (AvgIpc) is 3.11. The van der Waals surface area contributed by atoms with Gasteiger partial charge in [0.25, 0.3) is 0 Å². The van der Waals surface area contributed by atoms with E-state index in [1.165, 1.54) is 0 Å². The van der Waals surface area contributed by atoms with E-state index in [4.69, 9.17) is 5.26 Å². The molecule has 2 aromatic rings. The Morgan fingerprint density at radius 3 is 2.52 bits per heavy atom. The number of nitriles is 1. The van der Waals surface area contributed by atoms with Crippen LogP contribution in [0.3, 0.4) is 0 Å². The van der Waals surface area contributed by atoms with Crippen LogP contribution in [0, 0.1) is 17.2 Å². The number of benzene rings is 1. The summed E-state index contributed by atoms with van der Waals surface area (Å²) in [5.74, 6) is 0.275. The monoisotopic (exact) mass is 419 g/mol. The van der Waals surface area contributed by atoms with E-state index in [9.17, 15) is 4.79 Å². The zero-order chi connectivity index (χ0) is 18.2. The Bertz CT molecular complexity index is 707. The minimum absolute atomic E-state index is 0.0805. The third-order valence-corrected chi connectivity index (χ3v) is 5.05. The normalized spacial score (nSPS) is 13.2. The Morgan fingerprint density at radius 1 is 1.24 bits per heavy atom. The summed E-state index contributed by atoms with van der Waals surface area (Å²) in [5.41, 5.74) is 2.09. The molecular weight excluding hydrogens is 398 g/mol. The number of rotatable bonds is 8. The number of hydrogen-bond acceptors (Lipinski definition) is 4. The molecule has 25 heavy (non-hydrogen) atoms. The van der Waals surface area contributed by atoms with Gasteiger partial charge in [-0.3, -0.25) is 10.1 Å². The molecule has 1 heterocycles. The molecule has 0 aliphatic heterocycles. The predicted octanol–water partition coefficient (Wildman–Crippen LogP) is 4.24. The van der Waals surface area contributed by atoms with Crippen LogP contribution in [-0.2, 0) is 4.79 Å². The Kier molecular flexibility index (Phi) is 7.63. The molecule has 1 aromatic heterocycles. The molecule has 0 bridgehead atoms. The van der Waals surface area contributed by atoms with Crippen LogP contribution in [0.2, 0.25) is 0 Å². The molecule has 4 nitrogen and oxygen atoms in total. The van der Waals surface area contributed by atoms with Crippen molar-refractivity contribution in [1.29, 1.82) is 5.26 Å². The first kappa shape index (κ1) is 19.6. The molecular formula is C19H22BrN3OS. The van der Waals surface area contributed by atoms with Crippen LogP contribution in [0.5, 0.6) is 0 Å². The third kappa shape index (κ3) is 5.96. The first-order valence-corrected chi connectivity index (χ1v) is 9.93. The molecule has 0 unspecified atom stereocenters.